The molecule has 1 heterocycles. The van der Waals surface area contributed by atoms with Gasteiger partial charge >= 0.3 is 5.97 Å². The average molecular weight is 253 g/mol. The number of nitrogens with zero attached hydrogens (tertiary/aromatic N) is 2. The van der Waals surface area contributed by atoms with E-state index in [4.69, 9.17) is 4.74 Å². The molecule has 0 bridgehead atoms. The second-order valence-corrected chi connectivity index (χ2v) is 3.95. The van der Waals surface area contributed by atoms with E-state index in [9.17, 15) is 9.59 Å². The van der Waals surface area contributed by atoms with Crippen LogP contribution in [0.2, 0.25) is 0 Å². The van der Waals surface area contributed by atoms with E-state index < -0.39 is 12.0 Å². The van der Waals surface area contributed by atoms with Crippen LogP contribution in [0.1, 0.15) is 37.0 Å². The van der Waals surface area contributed by atoms with Gasteiger partial charge in [0.25, 0.3) is 5.91 Å². The fraction of sp³-hybridized carbons (Fsp3) is 0.583. The van der Waals surface area contributed by atoms with Gasteiger partial charge in [-0.2, -0.15) is 5.10 Å². The van der Waals surface area contributed by atoms with Gasteiger partial charge in [0, 0.05) is 7.05 Å². The van der Waals surface area contributed by atoms with E-state index in [0.29, 0.717) is 12.3 Å². The van der Waals surface area contributed by atoms with Crippen LogP contribution >= 0.6 is 0 Å². The fourth-order valence-corrected chi connectivity index (χ4v) is 1.51. The number of hydrogen-bond donors (Lipinski definition) is 1. The van der Waals surface area contributed by atoms with Gasteiger partial charge in [-0.1, -0.05) is 6.92 Å². The molecule has 1 rings (SSSR count). The van der Waals surface area contributed by atoms with E-state index in [1.54, 1.807) is 27.0 Å². The monoisotopic (exact) mass is 253 g/mol. The van der Waals surface area contributed by atoms with Crippen molar-refractivity contribution in [3.63, 3.8) is 0 Å². The molecule has 1 N–H and O–H groups in total. The lowest BCUT2D eigenvalue weighted by atomic mass is 10.2. The third-order valence-electron chi connectivity index (χ3n) is 2.51. The number of aromatic nitrogens is 2. The largest absolute Gasteiger partial charge is 0.464 e. The zero-order valence-electron chi connectivity index (χ0n) is 11.2. The zero-order chi connectivity index (χ0) is 13.7. The topological polar surface area (TPSA) is 73.2 Å². The second kappa shape index (κ2) is 6.18. The number of hydrogen-bond acceptors (Lipinski definition) is 4. The maximum Gasteiger partial charge on any atom is 0.328 e. The standard InChI is InChI=1S/C12H19N3O3/c1-5-9-7-10(15(4)14-9)11(16)13-8(3)12(17)18-6-2/h7-8H,5-6H2,1-4H3,(H,13,16). The van der Waals surface area contributed by atoms with Crippen molar-refractivity contribution < 1.29 is 14.3 Å². The van der Waals surface area contributed by atoms with Crippen molar-refractivity contribution >= 4 is 11.9 Å². The Bertz CT molecular complexity index is 440. The zero-order valence-corrected chi connectivity index (χ0v) is 11.2. The molecule has 0 saturated carbocycles. The van der Waals surface area contributed by atoms with Gasteiger partial charge in [-0.05, 0) is 26.3 Å². The Morgan fingerprint density at radius 1 is 1.50 bits per heavy atom. The van der Waals surface area contributed by atoms with Crippen LogP contribution in [0, 0.1) is 0 Å². The third kappa shape index (κ3) is 3.32. The minimum Gasteiger partial charge on any atom is -0.464 e. The number of aryl methyl sites for hydroxylation is 2. The molecule has 0 saturated heterocycles. The van der Waals surface area contributed by atoms with Gasteiger partial charge in [0.15, 0.2) is 0 Å². The summed E-state index contributed by atoms with van der Waals surface area (Å²) in [4.78, 5) is 23.3. The van der Waals surface area contributed by atoms with Crippen molar-refractivity contribution in [2.75, 3.05) is 6.61 Å². The van der Waals surface area contributed by atoms with E-state index in [1.165, 1.54) is 4.68 Å². The Balaban J connectivity index is 2.70. The summed E-state index contributed by atoms with van der Waals surface area (Å²) in [6, 6.07) is 1.05. The molecule has 1 atom stereocenters. The average Bonchev–Trinajstić information content (AvgIpc) is 2.70. The normalized spacial score (nSPS) is 12.0. The fourth-order valence-electron chi connectivity index (χ4n) is 1.51. The molecule has 0 aliphatic rings. The summed E-state index contributed by atoms with van der Waals surface area (Å²) in [6.07, 6.45) is 0.758. The van der Waals surface area contributed by atoms with Gasteiger partial charge in [-0.15, -0.1) is 0 Å². The van der Waals surface area contributed by atoms with Crippen LogP contribution in [-0.4, -0.2) is 34.3 Å². The summed E-state index contributed by atoms with van der Waals surface area (Å²) < 4.78 is 6.33. The highest BCUT2D eigenvalue weighted by atomic mass is 16.5. The number of ether oxygens (including phenoxy) is 1. The van der Waals surface area contributed by atoms with Gasteiger partial charge in [-0.25, -0.2) is 4.79 Å². The van der Waals surface area contributed by atoms with E-state index in [-0.39, 0.29) is 5.91 Å². The molecular formula is C12H19N3O3. The Labute approximate surface area is 106 Å². The number of rotatable bonds is 5. The van der Waals surface area contributed by atoms with Crippen LogP contribution in [0.4, 0.5) is 0 Å². The summed E-state index contributed by atoms with van der Waals surface area (Å²) in [6.45, 7) is 5.57. The highest BCUT2D eigenvalue weighted by Crippen LogP contribution is 2.04. The molecule has 1 aromatic rings. The van der Waals surface area contributed by atoms with Crippen molar-refractivity contribution in [3.8, 4) is 0 Å². The number of carbonyl (C=O) groups is 2. The second-order valence-electron chi connectivity index (χ2n) is 3.95. The number of amides is 1. The first-order chi connectivity index (χ1) is 8.49. The van der Waals surface area contributed by atoms with Crippen LogP contribution in [0.25, 0.3) is 0 Å². The first-order valence-corrected chi connectivity index (χ1v) is 6.00. The molecule has 0 aliphatic carbocycles. The lowest BCUT2D eigenvalue weighted by Crippen LogP contribution is -2.40. The quantitative estimate of drug-likeness (QED) is 0.782. The maximum absolute atomic E-state index is 11.9. The highest BCUT2D eigenvalue weighted by Gasteiger charge is 2.19. The Hall–Kier alpha value is -1.85. The molecule has 0 spiro atoms. The summed E-state index contributed by atoms with van der Waals surface area (Å²) >= 11 is 0. The Kier molecular flexibility index (Phi) is 4.88. The molecule has 1 amide bonds. The molecule has 0 aromatic carbocycles. The van der Waals surface area contributed by atoms with Gasteiger partial charge in [0.2, 0.25) is 0 Å². The summed E-state index contributed by atoms with van der Waals surface area (Å²) in [7, 11) is 1.70. The van der Waals surface area contributed by atoms with Crippen LogP contribution < -0.4 is 5.32 Å². The smallest absolute Gasteiger partial charge is 0.328 e. The van der Waals surface area contributed by atoms with Crippen LogP contribution in [0.5, 0.6) is 0 Å². The van der Waals surface area contributed by atoms with Gasteiger partial charge in [0.05, 0.1) is 12.3 Å². The van der Waals surface area contributed by atoms with Crippen molar-refractivity contribution in [1.29, 1.82) is 0 Å². The molecule has 0 aliphatic heterocycles. The van der Waals surface area contributed by atoms with Gasteiger partial charge < -0.3 is 10.1 Å². The van der Waals surface area contributed by atoms with Crippen molar-refractivity contribution in [2.45, 2.75) is 33.2 Å². The molecule has 0 fully saturated rings. The number of esters is 1. The van der Waals surface area contributed by atoms with Crippen molar-refractivity contribution in [2.24, 2.45) is 7.05 Å². The highest BCUT2D eigenvalue weighted by molar-refractivity contribution is 5.95. The summed E-state index contributed by atoms with van der Waals surface area (Å²) in [5.41, 5.74) is 1.27. The number of carbonyl (C=O) groups excluding carboxylic acids is 2. The van der Waals surface area contributed by atoms with Crippen LogP contribution in [0.15, 0.2) is 6.07 Å². The van der Waals surface area contributed by atoms with Crippen molar-refractivity contribution in [3.05, 3.63) is 17.5 Å². The van der Waals surface area contributed by atoms with E-state index in [1.807, 2.05) is 6.92 Å². The third-order valence-corrected chi connectivity index (χ3v) is 2.51. The first-order valence-electron chi connectivity index (χ1n) is 6.00. The molecule has 0 radical (unpaired) electrons. The van der Waals surface area contributed by atoms with E-state index >= 15 is 0 Å². The van der Waals surface area contributed by atoms with Gasteiger partial charge in [0.1, 0.15) is 11.7 Å². The molecule has 6 nitrogen and oxygen atoms in total. The summed E-state index contributed by atoms with van der Waals surface area (Å²) in [5.74, 6) is -0.769. The molecule has 1 aromatic heterocycles. The minimum absolute atomic E-state index is 0.296. The minimum atomic E-state index is -0.669. The Morgan fingerprint density at radius 2 is 2.17 bits per heavy atom. The molecule has 1 unspecified atom stereocenters. The van der Waals surface area contributed by atoms with Gasteiger partial charge in [-0.3, -0.25) is 9.48 Å². The summed E-state index contributed by atoms with van der Waals surface area (Å²) in [5, 5.41) is 6.76. The van der Waals surface area contributed by atoms with E-state index in [0.717, 1.165) is 12.1 Å². The number of nitrogens with one attached hydrogen (secondary N) is 1. The molecular weight excluding hydrogens is 234 g/mol. The van der Waals surface area contributed by atoms with Crippen LogP contribution in [-0.2, 0) is 23.0 Å². The molecule has 18 heavy (non-hydrogen) atoms. The van der Waals surface area contributed by atoms with E-state index in [2.05, 4.69) is 10.4 Å². The lowest BCUT2D eigenvalue weighted by Gasteiger charge is -2.12. The molecule has 6 heteroatoms. The maximum atomic E-state index is 11.9. The first kappa shape index (κ1) is 14.2. The lowest BCUT2D eigenvalue weighted by molar-refractivity contribution is -0.144. The van der Waals surface area contributed by atoms with Crippen LogP contribution in [0.3, 0.4) is 0 Å². The van der Waals surface area contributed by atoms with Crippen molar-refractivity contribution in [1.82, 2.24) is 15.1 Å². The predicted molar refractivity (Wildman–Crippen MR) is 66.1 cm³/mol. The Morgan fingerprint density at radius 3 is 2.67 bits per heavy atom. The predicted octanol–water partition coefficient (Wildman–Crippen LogP) is 0.664. The molecule has 100 valence electrons. The SMILES string of the molecule is CCOC(=O)C(C)NC(=O)c1cc(CC)nn1C.